The molecule has 20 heavy (non-hydrogen) atoms. The summed E-state index contributed by atoms with van der Waals surface area (Å²) in [5, 5.41) is 12.2. The first-order chi connectivity index (χ1) is 9.44. The number of morpholine rings is 1. The second kappa shape index (κ2) is 5.57. The van der Waals surface area contributed by atoms with Gasteiger partial charge >= 0.3 is 0 Å². The van der Waals surface area contributed by atoms with Crippen LogP contribution in [0.3, 0.4) is 0 Å². The molecule has 2 heterocycles. The highest BCUT2D eigenvalue weighted by atomic mass is 16.5. The van der Waals surface area contributed by atoms with Crippen LogP contribution in [-0.4, -0.2) is 60.4 Å². The Kier molecular flexibility index (Phi) is 4.19. The van der Waals surface area contributed by atoms with Gasteiger partial charge in [0.2, 0.25) is 5.91 Å². The Morgan fingerprint density at radius 3 is 2.45 bits per heavy atom. The molecule has 0 aromatic carbocycles. The number of rotatable bonds is 2. The van der Waals surface area contributed by atoms with E-state index in [4.69, 9.17) is 20.4 Å². The number of amidine groups is 1. The molecule has 7 nitrogen and oxygen atoms in total. The lowest BCUT2D eigenvalue weighted by Crippen LogP contribution is -2.62. The highest BCUT2D eigenvalue weighted by Gasteiger charge is 2.50. The SMILES string of the molecule is CC1(C)COCCN1C(=O)C1(C(N)=NO)CCOCC1. The molecule has 0 aliphatic carbocycles. The number of amides is 1. The Bertz CT molecular complexity index is 402. The van der Waals surface area contributed by atoms with Crippen molar-refractivity contribution in [3.63, 3.8) is 0 Å². The Labute approximate surface area is 118 Å². The fourth-order valence-electron chi connectivity index (χ4n) is 2.89. The molecule has 7 heteroatoms. The quantitative estimate of drug-likeness (QED) is 0.326. The van der Waals surface area contributed by atoms with E-state index in [0.717, 1.165) is 0 Å². The van der Waals surface area contributed by atoms with Gasteiger partial charge in [0.25, 0.3) is 0 Å². The summed E-state index contributed by atoms with van der Waals surface area (Å²) in [4.78, 5) is 14.8. The van der Waals surface area contributed by atoms with E-state index in [-0.39, 0.29) is 11.7 Å². The third kappa shape index (κ3) is 2.47. The average Bonchev–Trinajstić information content (AvgIpc) is 2.46. The molecule has 0 aromatic rings. The summed E-state index contributed by atoms with van der Waals surface area (Å²) in [6.45, 7) is 6.32. The lowest BCUT2D eigenvalue weighted by atomic mass is 9.76. The predicted octanol–water partition coefficient (Wildman–Crippen LogP) is 0.167. The Hall–Kier alpha value is -1.34. The molecule has 2 aliphatic rings. The van der Waals surface area contributed by atoms with Crippen LogP contribution in [0.2, 0.25) is 0 Å². The number of hydrogen-bond donors (Lipinski definition) is 2. The van der Waals surface area contributed by atoms with Crippen molar-refractivity contribution < 1.29 is 19.5 Å². The molecule has 2 aliphatic heterocycles. The van der Waals surface area contributed by atoms with Gasteiger partial charge in [0, 0.05) is 19.8 Å². The monoisotopic (exact) mass is 285 g/mol. The maximum absolute atomic E-state index is 13.0. The fraction of sp³-hybridized carbons (Fsp3) is 0.846. The van der Waals surface area contributed by atoms with Gasteiger partial charge in [-0.3, -0.25) is 4.79 Å². The number of oxime groups is 1. The normalized spacial score (nSPS) is 26.3. The molecule has 0 unspecified atom stereocenters. The smallest absolute Gasteiger partial charge is 0.237 e. The van der Waals surface area contributed by atoms with Gasteiger partial charge in [0.1, 0.15) is 5.41 Å². The van der Waals surface area contributed by atoms with E-state index < -0.39 is 11.0 Å². The van der Waals surface area contributed by atoms with E-state index in [1.165, 1.54) is 0 Å². The number of nitrogens with two attached hydrogens (primary N) is 1. The predicted molar refractivity (Wildman–Crippen MR) is 72.5 cm³/mol. The summed E-state index contributed by atoms with van der Waals surface area (Å²) >= 11 is 0. The van der Waals surface area contributed by atoms with Crippen molar-refractivity contribution in [1.82, 2.24) is 4.90 Å². The Morgan fingerprint density at radius 1 is 1.25 bits per heavy atom. The molecule has 1 amide bonds. The van der Waals surface area contributed by atoms with Crippen LogP contribution in [-0.2, 0) is 14.3 Å². The molecule has 0 atom stereocenters. The molecule has 0 radical (unpaired) electrons. The van der Waals surface area contributed by atoms with Gasteiger partial charge in [-0.05, 0) is 26.7 Å². The van der Waals surface area contributed by atoms with Crippen LogP contribution in [0.1, 0.15) is 26.7 Å². The van der Waals surface area contributed by atoms with Gasteiger partial charge in [-0.2, -0.15) is 0 Å². The second-order valence-corrected chi connectivity index (χ2v) is 6.00. The van der Waals surface area contributed by atoms with Gasteiger partial charge < -0.3 is 25.3 Å². The van der Waals surface area contributed by atoms with Crippen LogP contribution < -0.4 is 5.73 Å². The highest BCUT2D eigenvalue weighted by molar-refractivity contribution is 6.07. The van der Waals surface area contributed by atoms with E-state index in [1.54, 1.807) is 4.90 Å². The summed E-state index contributed by atoms with van der Waals surface area (Å²) in [6.07, 6.45) is 0.879. The van der Waals surface area contributed by atoms with E-state index >= 15 is 0 Å². The van der Waals surface area contributed by atoms with Crippen molar-refractivity contribution in [2.45, 2.75) is 32.2 Å². The molecule has 3 N–H and O–H groups in total. The van der Waals surface area contributed by atoms with E-state index in [0.29, 0.717) is 45.8 Å². The lowest BCUT2D eigenvalue weighted by molar-refractivity contribution is -0.157. The standard InChI is InChI=1S/C13H23N3O4/c1-12(2)9-20-8-5-16(12)11(17)13(10(14)15-18)3-6-19-7-4-13/h18H,3-9H2,1-2H3,(H2,14,15). The van der Waals surface area contributed by atoms with Gasteiger partial charge in [-0.25, -0.2) is 0 Å². The number of nitrogens with zero attached hydrogens (tertiary/aromatic N) is 2. The van der Waals surface area contributed by atoms with Crippen molar-refractivity contribution >= 4 is 11.7 Å². The van der Waals surface area contributed by atoms with Crippen LogP contribution in [0.5, 0.6) is 0 Å². The lowest BCUT2D eigenvalue weighted by Gasteiger charge is -2.47. The molecule has 0 bridgehead atoms. The molecule has 0 saturated carbocycles. The highest BCUT2D eigenvalue weighted by Crippen LogP contribution is 2.36. The summed E-state index contributed by atoms with van der Waals surface area (Å²) in [5.41, 5.74) is 4.50. The largest absolute Gasteiger partial charge is 0.409 e. The van der Waals surface area contributed by atoms with Crippen LogP contribution in [0.15, 0.2) is 5.16 Å². The summed E-state index contributed by atoms with van der Waals surface area (Å²) < 4.78 is 10.8. The van der Waals surface area contributed by atoms with Gasteiger partial charge in [0.15, 0.2) is 5.84 Å². The van der Waals surface area contributed by atoms with Gasteiger partial charge in [-0.15, -0.1) is 0 Å². The topological polar surface area (TPSA) is 97.4 Å². The third-order valence-electron chi connectivity index (χ3n) is 4.24. The molecule has 0 spiro atoms. The average molecular weight is 285 g/mol. The van der Waals surface area contributed by atoms with E-state index in [1.807, 2.05) is 13.8 Å². The third-order valence-corrected chi connectivity index (χ3v) is 4.24. The molecular weight excluding hydrogens is 262 g/mol. The number of carbonyl (C=O) groups excluding carboxylic acids is 1. The zero-order valence-corrected chi connectivity index (χ0v) is 12.1. The Morgan fingerprint density at radius 2 is 1.90 bits per heavy atom. The van der Waals surface area contributed by atoms with Crippen molar-refractivity contribution in [2.24, 2.45) is 16.3 Å². The van der Waals surface area contributed by atoms with Crippen molar-refractivity contribution in [1.29, 1.82) is 0 Å². The fourth-order valence-corrected chi connectivity index (χ4v) is 2.89. The zero-order chi connectivity index (χ0) is 14.8. The van der Waals surface area contributed by atoms with Crippen molar-refractivity contribution in [3.8, 4) is 0 Å². The molecule has 114 valence electrons. The molecule has 2 saturated heterocycles. The zero-order valence-electron chi connectivity index (χ0n) is 12.1. The first-order valence-electron chi connectivity index (χ1n) is 6.90. The van der Waals surface area contributed by atoms with Crippen molar-refractivity contribution in [3.05, 3.63) is 0 Å². The molecule has 0 aromatic heterocycles. The maximum Gasteiger partial charge on any atom is 0.237 e. The minimum absolute atomic E-state index is 0.0203. The summed E-state index contributed by atoms with van der Waals surface area (Å²) in [7, 11) is 0. The summed E-state index contributed by atoms with van der Waals surface area (Å²) in [6, 6.07) is 0. The van der Waals surface area contributed by atoms with Gasteiger partial charge in [-0.1, -0.05) is 5.16 Å². The van der Waals surface area contributed by atoms with Crippen molar-refractivity contribution in [2.75, 3.05) is 33.0 Å². The molecule has 2 fully saturated rings. The maximum atomic E-state index is 13.0. The molecular formula is C13H23N3O4. The minimum Gasteiger partial charge on any atom is -0.409 e. The van der Waals surface area contributed by atoms with Crippen LogP contribution >= 0.6 is 0 Å². The summed E-state index contributed by atoms with van der Waals surface area (Å²) in [5.74, 6) is -0.113. The minimum atomic E-state index is -0.957. The van der Waals surface area contributed by atoms with Gasteiger partial charge in [0.05, 0.1) is 18.8 Å². The number of carbonyl (C=O) groups is 1. The van der Waals surface area contributed by atoms with Crippen LogP contribution in [0, 0.1) is 5.41 Å². The van der Waals surface area contributed by atoms with Crippen LogP contribution in [0.25, 0.3) is 0 Å². The first-order valence-corrected chi connectivity index (χ1v) is 6.90. The van der Waals surface area contributed by atoms with E-state index in [9.17, 15) is 4.79 Å². The van der Waals surface area contributed by atoms with E-state index in [2.05, 4.69) is 5.16 Å². The number of ether oxygens (including phenoxy) is 2. The first kappa shape index (κ1) is 15.1. The Balaban J connectivity index is 2.31. The van der Waals surface area contributed by atoms with Crippen LogP contribution in [0.4, 0.5) is 0 Å². The second-order valence-electron chi connectivity index (χ2n) is 6.00. The molecule has 2 rings (SSSR count). The number of hydrogen-bond acceptors (Lipinski definition) is 5.